The first kappa shape index (κ1) is 16.1. The van der Waals surface area contributed by atoms with Crippen molar-refractivity contribution in [3.63, 3.8) is 0 Å². The molecule has 19 heavy (non-hydrogen) atoms. The number of hydrogen-bond acceptors (Lipinski definition) is 3. The first-order chi connectivity index (χ1) is 8.75. The molecule has 0 saturated heterocycles. The topological polar surface area (TPSA) is 89.3 Å². The van der Waals surface area contributed by atoms with Gasteiger partial charge in [-0.05, 0) is 24.1 Å². The average molecular weight is 325 g/mol. The summed E-state index contributed by atoms with van der Waals surface area (Å²) in [5.74, 6) is -0.678. The highest BCUT2D eigenvalue weighted by atomic mass is 35.5. The Balaban J connectivity index is 2.89. The second-order valence-electron chi connectivity index (χ2n) is 4.20. The Morgan fingerprint density at radius 1 is 1.47 bits per heavy atom. The third-order valence-corrected chi connectivity index (χ3v) is 4.67. The predicted octanol–water partition coefficient (Wildman–Crippen LogP) is 2.06. The lowest BCUT2D eigenvalue weighted by Gasteiger charge is -2.11. The molecule has 1 aromatic carbocycles. The number of primary amides is 1. The molecule has 0 aliphatic rings. The van der Waals surface area contributed by atoms with Crippen LogP contribution in [0.1, 0.15) is 17.3 Å². The molecule has 0 fully saturated rings. The Bertz CT molecular complexity index is 575. The summed E-state index contributed by atoms with van der Waals surface area (Å²) in [4.78, 5) is 11.0. The summed E-state index contributed by atoms with van der Waals surface area (Å²) >= 11 is 11.4. The minimum atomic E-state index is -3.51. The summed E-state index contributed by atoms with van der Waals surface area (Å²) in [6.45, 7) is 1.73. The van der Waals surface area contributed by atoms with Gasteiger partial charge in [-0.25, -0.2) is 8.42 Å². The van der Waals surface area contributed by atoms with Crippen LogP contribution >= 0.6 is 23.2 Å². The maximum atomic E-state index is 11.8. The summed E-state index contributed by atoms with van der Waals surface area (Å²) in [6, 6.07) is 4.13. The maximum absolute atomic E-state index is 11.8. The molecule has 0 aliphatic heterocycles. The molecule has 1 unspecified atom stereocenters. The van der Waals surface area contributed by atoms with Gasteiger partial charge in [0.25, 0.3) is 0 Å². The number of nitrogens with two attached hydrogens (primary N) is 1. The van der Waals surface area contributed by atoms with E-state index in [2.05, 4.69) is 4.72 Å². The van der Waals surface area contributed by atoms with E-state index in [1.165, 1.54) is 18.2 Å². The molecule has 5 nitrogen and oxygen atoms in total. The van der Waals surface area contributed by atoms with E-state index in [9.17, 15) is 13.2 Å². The van der Waals surface area contributed by atoms with Crippen molar-refractivity contribution >= 4 is 44.8 Å². The van der Waals surface area contributed by atoms with Gasteiger partial charge < -0.3 is 5.73 Å². The molecule has 0 aromatic heterocycles. The van der Waals surface area contributed by atoms with Gasteiger partial charge in [0.2, 0.25) is 15.9 Å². The van der Waals surface area contributed by atoms with Gasteiger partial charge >= 0.3 is 0 Å². The fourth-order valence-corrected chi connectivity index (χ4v) is 3.37. The number of halogens is 2. The average Bonchev–Trinajstić information content (AvgIpc) is 2.26. The fraction of sp³-hybridized carbons (Fsp3) is 0.364. The summed E-state index contributed by atoms with van der Waals surface area (Å²) < 4.78 is 26.0. The van der Waals surface area contributed by atoms with Gasteiger partial charge in [-0.2, -0.15) is 0 Å². The molecule has 1 amide bonds. The quantitative estimate of drug-likeness (QED) is 0.785. The van der Waals surface area contributed by atoms with Crippen LogP contribution in [0.5, 0.6) is 0 Å². The van der Waals surface area contributed by atoms with Crippen molar-refractivity contribution in [3.8, 4) is 0 Å². The highest BCUT2D eigenvalue weighted by Gasteiger charge is 2.16. The molecule has 1 rings (SSSR count). The van der Waals surface area contributed by atoms with Gasteiger partial charge in [-0.15, -0.1) is 11.6 Å². The molecule has 0 spiro atoms. The maximum Gasteiger partial charge on any atom is 0.250 e. The minimum Gasteiger partial charge on any atom is -0.366 e. The summed E-state index contributed by atoms with van der Waals surface area (Å²) in [5.41, 5.74) is 5.51. The third-order valence-electron chi connectivity index (χ3n) is 2.28. The number of carbonyl (C=O) groups excluding carboxylic acids is 1. The second-order valence-corrected chi connectivity index (χ2v) is 6.68. The van der Waals surface area contributed by atoms with Crippen molar-refractivity contribution in [2.24, 2.45) is 11.7 Å². The van der Waals surface area contributed by atoms with Crippen LogP contribution in [-0.2, 0) is 10.0 Å². The third kappa shape index (κ3) is 4.89. The lowest BCUT2D eigenvalue weighted by molar-refractivity contribution is 0.100. The summed E-state index contributed by atoms with van der Waals surface area (Å²) in [5, 5.41) is 0.0955. The van der Waals surface area contributed by atoms with E-state index < -0.39 is 15.9 Å². The number of amides is 1. The molecule has 0 saturated carbocycles. The van der Waals surface area contributed by atoms with Crippen molar-refractivity contribution in [2.75, 3.05) is 16.4 Å². The van der Waals surface area contributed by atoms with E-state index in [0.29, 0.717) is 0 Å². The first-order valence-corrected chi connectivity index (χ1v) is 7.97. The van der Waals surface area contributed by atoms with Crippen LogP contribution in [0.25, 0.3) is 0 Å². The minimum absolute atomic E-state index is 0.0916. The smallest absolute Gasteiger partial charge is 0.250 e. The van der Waals surface area contributed by atoms with E-state index in [-0.39, 0.29) is 33.8 Å². The number of rotatable bonds is 6. The summed E-state index contributed by atoms with van der Waals surface area (Å²) in [6.07, 6.45) is 0. The number of carbonyl (C=O) groups is 1. The van der Waals surface area contributed by atoms with E-state index >= 15 is 0 Å². The second kappa shape index (κ2) is 6.45. The number of anilines is 1. The van der Waals surface area contributed by atoms with Crippen LogP contribution in [0, 0.1) is 5.92 Å². The molecule has 0 heterocycles. The normalized spacial score (nSPS) is 13.0. The molecule has 0 bridgehead atoms. The molecule has 106 valence electrons. The lowest BCUT2D eigenvalue weighted by Crippen LogP contribution is -2.22. The Labute approximate surface area is 122 Å². The molecule has 3 N–H and O–H groups in total. The number of sulfonamides is 1. The molecule has 1 aromatic rings. The van der Waals surface area contributed by atoms with E-state index in [1.807, 2.05) is 0 Å². The van der Waals surface area contributed by atoms with Gasteiger partial charge in [0.15, 0.2) is 0 Å². The van der Waals surface area contributed by atoms with E-state index in [4.69, 9.17) is 28.9 Å². The van der Waals surface area contributed by atoms with Gasteiger partial charge in [0.1, 0.15) is 0 Å². The number of alkyl halides is 1. The Morgan fingerprint density at radius 3 is 2.58 bits per heavy atom. The summed E-state index contributed by atoms with van der Waals surface area (Å²) in [7, 11) is -3.51. The molecule has 1 atom stereocenters. The molecule has 0 radical (unpaired) electrons. The van der Waals surface area contributed by atoms with Crippen LogP contribution in [-0.4, -0.2) is 26.0 Å². The van der Waals surface area contributed by atoms with Crippen LogP contribution in [0.15, 0.2) is 18.2 Å². The number of nitrogens with one attached hydrogen (secondary N) is 1. The lowest BCUT2D eigenvalue weighted by atomic mass is 10.2. The van der Waals surface area contributed by atoms with Gasteiger partial charge in [0.05, 0.1) is 16.3 Å². The van der Waals surface area contributed by atoms with E-state index in [0.717, 1.165) is 0 Å². The van der Waals surface area contributed by atoms with Crippen molar-refractivity contribution in [1.29, 1.82) is 0 Å². The van der Waals surface area contributed by atoms with Gasteiger partial charge in [0, 0.05) is 11.6 Å². The molecule has 8 heteroatoms. The molecule has 0 aliphatic carbocycles. The zero-order valence-corrected chi connectivity index (χ0v) is 12.5. The van der Waals surface area contributed by atoms with Crippen LogP contribution in [0.2, 0.25) is 5.02 Å². The Kier molecular flexibility index (Phi) is 5.46. The van der Waals surface area contributed by atoms with E-state index in [1.54, 1.807) is 6.92 Å². The Hall–Kier alpha value is -0.980. The monoisotopic (exact) mass is 324 g/mol. The van der Waals surface area contributed by atoms with Gasteiger partial charge in [-0.1, -0.05) is 18.5 Å². The SMILES string of the molecule is CC(CCl)CS(=O)(=O)Nc1ccc(C(N)=O)c(Cl)c1. The van der Waals surface area contributed by atoms with Crippen LogP contribution in [0.3, 0.4) is 0 Å². The number of benzene rings is 1. The Morgan fingerprint density at radius 2 is 2.11 bits per heavy atom. The van der Waals surface area contributed by atoms with Crippen molar-refractivity contribution in [3.05, 3.63) is 28.8 Å². The van der Waals surface area contributed by atoms with Crippen molar-refractivity contribution < 1.29 is 13.2 Å². The van der Waals surface area contributed by atoms with Crippen molar-refractivity contribution in [2.45, 2.75) is 6.92 Å². The first-order valence-electron chi connectivity index (χ1n) is 5.41. The number of hydrogen-bond donors (Lipinski definition) is 2. The van der Waals surface area contributed by atoms with Crippen molar-refractivity contribution in [1.82, 2.24) is 0 Å². The standard InChI is InChI=1S/C11H14Cl2N2O3S/c1-7(5-12)6-19(17,18)15-8-2-3-9(11(14)16)10(13)4-8/h2-4,7,15H,5-6H2,1H3,(H2,14,16). The highest BCUT2D eigenvalue weighted by Crippen LogP contribution is 2.21. The molecular formula is C11H14Cl2N2O3S. The molecular weight excluding hydrogens is 311 g/mol. The predicted molar refractivity (Wildman–Crippen MR) is 77.3 cm³/mol. The van der Waals surface area contributed by atoms with Crippen LogP contribution in [0.4, 0.5) is 5.69 Å². The van der Waals surface area contributed by atoms with Crippen LogP contribution < -0.4 is 10.5 Å². The van der Waals surface area contributed by atoms with Gasteiger partial charge in [-0.3, -0.25) is 9.52 Å². The highest BCUT2D eigenvalue weighted by molar-refractivity contribution is 7.92. The zero-order chi connectivity index (χ0) is 14.6. The fourth-order valence-electron chi connectivity index (χ4n) is 1.42. The zero-order valence-electron chi connectivity index (χ0n) is 10.2. The largest absolute Gasteiger partial charge is 0.366 e.